The van der Waals surface area contributed by atoms with Gasteiger partial charge in [-0.05, 0) is 25.1 Å². The molecule has 1 aromatic rings. The van der Waals surface area contributed by atoms with Crippen molar-refractivity contribution in [3.63, 3.8) is 0 Å². The van der Waals surface area contributed by atoms with Gasteiger partial charge in [0.1, 0.15) is 0 Å². The minimum absolute atomic E-state index is 0.0215. The van der Waals surface area contributed by atoms with Crippen LogP contribution < -0.4 is 15.8 Å². The first-order valence-electron chi connectivity index (χ1n) is 6.23. The average molecular weight is 301 g/mol. The molecule has 2 rings (SSSR count). The van der Waals surface area contributed by atoms with Crippen LogP contribution in [-0.2, 0) is 14.8 Å². The molecule has 0 radical (unpaired) electrons. The lowest BCUT2D eigenvalue weighted by Crippen LogP contribution is -2.49. The number of rotatable bonds is 3. The zero-order valence-corrected chi connectivity index (χ0v) is 12.0. The van der Waals surface area contributed by atoms with Crippen LogP contribution in [0.1, 0.15) is 6.92 Å². The van der Waals surface area contributed by atoms with Crippen molar-refractivity contribution in [2.75, 3.05) is 30.4 Å². The molecular weight excluding hydrogens is 282 g/mol. The van der Waals surface area contributed by atoms with Gasteiger partial charge in [-0.3, -0.25) is 0 Å². The third-order valence-corrected chi connectivity index (χ3v) is 4.18. The molecule has 1 fully saturated rings. The number of nitrogens with zero attached hydrogens (tertiary/aromatic N) is 1. The van der Waals surface area contributed by atoms with E-state index in [1.165, 1.54) is 12.1 Å². The van der Waals surface area contributed by atoms with Crippen molar-refractivity contribution < 1.29 is 18.3 Å². The number of nitrogens with two attached hydrogens (primary N) is 2. The van der Waals surface area contributed by atoms with E-state index in [4.69, 9.17) is 15.6 Å². The maximum absolute atomic E-state index is 11.5. The summed E-state index contributed by atoms with van der Waals surface area (Å²) < 4.78 is 28.4. The van der Waals surface area contributed by atoms with E-state index in [0.717, 1.165) is 0 Å². The van der Waals surface area contributed by atoms with Gasteiger partial charge in [-0.25, -0.2) is 13.6 Å². The maximum atomic E-state index is 11.5. The summed E-state index contributed by atoms with van der Waals surface area (Å²) in [4.78, 5) is 1.93. The van der Waals surface area contributed by atoms with E-state index in [1.807, 2.05) is 11.8 Å². The van der Waals surface area contributed by atoms with Crippen LogP contribution in [0.5, 0.6) is 0 Å². The molecule has 0 spiro atoms. The molecule has 2 atom stereocenters. The zero-order valence-electron chi connectivity index (χ0n) is 11.2. The first kappa shape index (κ1) is 15.0. The Morgan fingerprint density at radius 1 is 1.45 bits per heavy atom. The highest BCUT2D eigenvalue weighted by Gasteiger charge is 2.26. The van der Waals surface area contributed by atoms with Crippen LogP contribution in [0.4, 0.5) is 11.4 Å². The van der Waals surface area contributed by atoms with E-state index < -0.39 is 10.0 Å². The molecule has 1 aliphatic rings. The Hall–Kier alpha value is -1.35. The summed E-state index contributed by atoms with van der Waals surface area (Å²) in [5.41, 5.74) is 6.73. The molecule has 2 unspecified atom stereocenters. The topological polar surface area (TPSA) is 119 Å². The third kappa shape index (κ3) is 3.21. The number of hydrogen-bond donors (Lipinski definition) is 3. The van der Waals surface area contributed by atoms with E-state index in [0.29, 0.717) is 24.5 Å². The number of morpholine rings is 1. The number of hydrogen-bond acceptors (Lipinski definition) is 6. The molecule has 0 amide bonds. The van der Waals surface area contributed by atoms with Crippen molar-refractivity contribution in [1.29, 1.82) is 0 Å². The highest BCUT2D eigenvalue weighted by molar-refractivity contribution is 7.89. The number of anilines is 2. The molecule has 0 aliphatic carbocycles. The fraction of sp³-hybridized carbons (Fsp3) is 0.500. The van der Waals surface area contributed by atoms with Gasteiger partial charge in [0.2, 0.25) is 10.0 Å². The minimum Gasteiger partial charge on any atom is -0.399 e. The van der Waals surface area contributed by atoms with E-state index in [9.17, 15) is 13.5 Å². The number of sulfonamides is 1. The van der Waals surface area contributed by atoms with Crippen LogP contribution >= 0.6 is 0 Å². The number of benzene rings is 1. The molecule has 1 aromatic carbocycles. The summed E-state index contributed by atoms with van der Waals surface area (Å²) >= 11 is 0. The second kappa shape index (κ2) is 5.57. The summed E-state index contributed by atoms with van der Waals surface area (Å²) in [5, 5.41) is 14.3. The maximum Gasteiger partial charge on any atom is 0.238 e. The fourth-order valence-electron chi connectivity index (χ4n) is 2.22. The average Bonchev–Trinajstić information content (AvgIpc) is 2.37. The highest BCUT2D eigenvalue weighted by atomic mass is 32.2. The van der Waals surface area contributed by atoms with E-state index >= 15 is 0 Å². The molecule has 1 saturated heterocycles. The molecular formula is C12H19N3O4S. The third-order valence-electron chi connectivity index (χ3n) is 3.28. The Bertz CT molecular complexity index is 590. The van der Waals surface area contributed by atoms with Crippen LogP contribution in [0.15, 0.2) is 23.1 Å². The lowest BCUT2D eigenvalue weighted by Gasteiger charge is -2.39. The molecule has 1 heterocycles. The van der Waals surface area contributed by atoms with Gasteiger partial charge < -0.3 is 20.5 Å². The number of nitrogen functional groups attached to an aromatic ring is 1. The van der Waals surface area contributed by atoms with E-state index in [2.05, 4.69) is 0 Å². The molecule has 0 saturated carbocycles. The van der Waals surface area contributed by atoms with Gasteiger partial charge in [-0.2, -0.15) is 0 Å². The van der Waals surface area contributed by atoms with Crippen molar-refractivity contribution >= 4 is 21.4 Å². The Morgan fingerprint density at radius 2 is 2.15 bits per heavy atom. The lowest BCUT2D eigenvalue weighted by molar-refractivity contribution is -0.0103. The quantitative estimate of drug-likeness (QED) is 0.648. The lowest BCUT2D eigenvalue weighted by atomic mass is 10.1. The summed E-state index contributed by atoms with van der Waals surface area (Å²) in [5.74, 6) is 0. The zero-order chi connectivity index (χ0) is 14.9. The first-order valence-corrected chi connectivity index (χ1v) is 7.78. The van der Waals surface area contributed by atoms with Gasteiger partial charge in [-0.1, -0.05) is 0 Å². The largest absolute Gasteiger partial charge is 0.399 e. The van der Waals surface area contributed by atoms with Crippen LogP contribution in [0.2, 0.25) is 0 Å². The van der Waals surface area contributed by atoms with Crippen LogP contribution in [-0.4, -0.2) is 45.4 Å². The number of ether oxygens (including phenoxy) is 1. The molecule has 0 bridgehead atoms. The Labute approximate surface area is 118 Å². The summed E-state index contributed by atoms with van der Waals surface area (Å²) in [7, 11) is -3.81. The standard InChI is InChI=1S/C12H19N3O4S/c1-8-7-19-11(6-16)5-15(8)10-2-9(13)3-12(4-10)20(14,17)18/h2-4,8,11,16H,5-7,13H2,1H3,(H2,14,17,18). The predicted octanol–water partition coefficient (Wildman–Crippen LogP) is -0.498. The molecule has 112 valence electrons. The Balaban J connectivity index is 2.38. The normalized spacial score (nSPS) is 23.9. The number of aliphatic hydroxyl groups excluding tert-OH is 1. The number of aliphatic hydroxyl groups is 1. The molecule has 8 heteroatoms. The van der Waals surface area contributed by atoms with Crippen LogP contribution in [0.25, 0.3) is 0 Å². The van der Waals surface area contributed by atoms with Crippen molar-refractivity contribution in [2.45, 2.75) is 24.0 Å². The van der Waals surface area contributed by atoms with Gasteiger partial charge in [0, 0.05) is 24.0 Å². The fourth-order valence-corrected chi connectivity index (χ4v) is 2.81. The van der Waals surface area contributed by atoms with E-state index in [-0.39, 0.29) is 23.6 Å². The predicted molar refractivity (Wildman–Crippen MR) is 75.9 cm³/mol. The van der Waals surface area contributed by atoms with Gasteiger partial charge in [-0.15, -0.1) is 0 Å². The summed E-state index contributed by atoms with van der Waals surface area (Å²) in [6.07, 6.45) is -0.300. The number of primary sulfonamides is 1. The van der Waals surface area contributed by atoms with Crippen molar-refractivity contribution in [3.8, 4) is 0 Å². The second-order valence-electron chi connectivity index (χ2n) is 4.94. The Kier molecular flexibility index (Phi) is 4.19. The molecule has 5 N–H and O–H groups in total. The minimum atomic E-state index is -3.81. The highest BCUT2D eigenvalue weighted by Crippen LogP contribution is 2.27. The van der Waals surface area contributed by atoms with Crippen molar-refractivity contribution in [3.05, 3.63) is 18.2 Å². The van der Waals surface area contributed by atoms with Gasteiger partial charge in [0.05, 0.1) is 24.2 Å². The molecule has 1 aliphatic heterocycles. The van der Waals surface area contributed by atoms with Crippen molar-refractivity contribution in [1.82, 2.24) is 0 Å². The van der Waals surface area contributed by atoms with Gasteiger partial charge >= 0.3 is 0 Å². The molecule has 0 aromatic heterocycles. The van der Waals surface area contributed by atoms with Gasteiger partial charge in [0.25, 0.3) is 0 Å². The Morgan fingerprint density at radius 3 is 2.75 bits per heavy atom. The van der Waals surface area contributed by atoms with Gasteiger partial charge in [0.15, 0.2) is 0 Å². The van der Waals surface area contributed by atoms with E-state index in [1.54, 1.807) is 6.07 Å². The molecule has 20 heavy (non-hydrogen) atoms. The smallest absolute Gasteiger partial charge is 0.238 e. The van der Waals surface area contributed by atoms with Crippen LogP contribution in [0, 0.1) is 0 Å². The molecule has 7 nitrogen and oxygen atoms in total. The van der Waals surface area contributed by atoms with Crippen LogP contribution in [0.3, 0.4) is 0 Å². The summed E-state index contributed by atoms with van der Waals surface area (Å²) in [6, 6.07) is 4.55. The second-order valence-corrected chi connectivity index (χ2v) is 6.51. The SMILES string of the molecule is CC1COC(CO)CN1c1cc(N)cc(S(N)(=O)=O)c1. The monoisotopic (exact) mass is 301 g/mol. The summed E-state index contributed by atoms with van der Waals surface area (Å²) in [6.45, 7) is 2.77. The van der Waals surface area contributed by atoms with Crippen molar-refractivity contribution in [2.24, 2.45) is 5.14 Å². The first-order chi connectivity index (χ1) is 9.31.